The summed E-state index contributed by atoms with van der Waals surface area (Å²) < 4.78 is 12.3. The minimum atomic E-state index is -0.708. The lowest BCUT2D eigenvalue weighted by molar-refractivity contribution is -0.137. The maximum Gasteiger partial charge on any atom is 0.303 e. The highest BCUT2D eigenvalue weighted by Crippen LogP contribution is 2.47. The SMILES string of the molecule is CCCCCCOC(C)C1C2CCC(O2)C1C/C=C\CCCC(=O)O. The van der Waals surface area contributed by atoms with Gasteiger partial charge in [-0.2, -0.15) is 0 Å². The highest BCUT2D eigenvalue weighted by molar-refractivity contribution is 5.66. The maximum atomic E-state index is 10.5. The van der Waals surface area contributed by atoms with E-state index < -0.39 is 5.97 Å². The summed E-state index contributed by atoms with van der Waals surface area (Å²) in [6.45, 7) is 5.32. The third-order valence-electron chi connectivity index (χ3n) is 5.74. The Hall–Kier alpha value is -0.870. The summed E-state index contributed by atoms with van der Waals surface area (Å²) in [6.07, 6.45) is 15.6. The van der Waals surface area contributed by atoms with Crippen LogP contribution in [0.3, 0.4) is 0 Å². The molecule has 1 N–H and O–H groups in total. The molecule has 0 amide bonds. The lowest BCUT2D eigenvalue weighted by Crippen LogP contribution is -2.36. The number of hydrogen-bond acceptors (Lipinski definition) is 3. The van der Waals surface area contributed by atoms with Gasteiger partial charge in [-0.1, -0.05) is 38.3 Å². The van der Waals surface area contributed by atoms with Crippen molar-refractivity contribution >= 4 is 5.97 Å². The van der Waals surface area contributed by atoms with Crippen LogP contribution in [0.15, 0.2) is 12.2 Å². The quantitative estimate of drug-likeness (QED) is 0.376. The molecule has 2 aliphatic rings. The molecule has 144 valence electrons. The normalized spacial score (nSPS) is 29.5. The van der Waals surface area contributed by atoms with E-state index >= 15 is 0 Å². The van der Waals surface area contributed by atoms with E-state index in [1.54, 1.807) is 0 Å². The van der Waals surface area contributed by atoms with E-state index in [4.69, 9.17) is 14.6 Å². The van der Waals surface area contributed by atoms with Gasteiger partial charge >= 0.3 is 5.97 Å². The van der Waals surface area contributed by atoms with E-state index in [0.29, 0.717) is 24.0 Å². The Labute approximate surface area is 153 Å². The Morgan fingerprint density at radius 2 is 2.00 bits per heavy atom. The van der Waals surface area contributed by atoms with Crippen LogP contribution in [0.5, 0.6) is 0 Å². The molecule has 0 aliphatic carbocycles. The van der Waals surface area contributed by atoms with Gasteiger partial charge in [-0.25, -0.2) is 0 Å². The largest absolute Gasteiger partial charge is 0.481 e. The fourth-order valence-corrected chi connectivity index (χ4v) is 4.42. The lowest BCUT2D eigenvalue weighted by atomic mass is 9.75. The maximum absolute atomic E-state index is 10.5. The Morgan fingerprint density at radius 3 is 2.76 bits per heavy atom. The monoisotopic (exact) mass is 352 g/mol. The van der Waals surface area contributed by atoms with Gasteiger partial charge in [-0.3, -0.25) is 4.79 Å². The van der Waals surface area contributed by atoms with E-state index in [9.17, 15) is 4.79 Å². The van der Waals surface area contributed by atoms with Gasteiger partial charge in [0.25, 0.3) is 0 Å². The van der Waals surface area contributed by atoms with Gasteiger partial charge in [-0.15, -0.1) is 0 Å². The van der Waals surface area contributed by atoms with Crippen LogP contribution in [0, 0.1) is 11.8 Å². The Kier molecular flexibility index (Phi) is 8.97. The molecule has 2 rings (SSSR count). The van der Waals surface area contributed by atoms with Crippen LogP contribution in [-0.2, 0) is 14.3 Å². The minimum absolute atomic E-state index is 0.257. The molecular formula is C21H36O4. The minimum Gasteiger partial charge on any atom is -0.481 e. The number of hydrogen-bond donors (Lipinski definition) is 1. The lowest BCUT2D eigenvalue weighted by Gasteiger charge is -2.32. The summed E-state index contributed by atoms with van der Waals surface area (Å²) in [7, 11) is 0. The smallest absolute Gasteiger partial charge is 0.303 e. The molecule has 0 spiro atoms. The average molecular weight is 353 g/mol. The second-order valence-electron chi connectivity index (χ2n) is 7.66. The number of carboxylic acid groups (broad SMARTS) is 1. The number of unbranched alkanes of at least 4 members (excludes halogenated alkanes) is 4. The van der Waals surface area contributed by atoms with Crippen molar-refractivity contribution in [2.45, 2.75) is 96.4 Å². The first-order valence-electron chi connectivity index (χ1n) is 10.3. The van der Waals surface area contributed by atoms with Crippen molar-refractivity contribution in [2.24, 2.45) is 11.8 Å². The van der Waals surface area contributed by atoms with Crippen molar-refractivity contribution < 1.29 is 19.4 Å². The van der Waals surface area contributed by atoms with Crippen LogP contribution < -0.4 is 0 Å². The number of carbonyl (C=O) groups is 1. The Balaban J connectivity index is 1.74. The zero-order chi connectivity index (χ0) is 18.1. The van der Waals surface area contributed by atoms with Crippen LogP contribution >= 0.6 is 0 Å². The zero-order valence-electron chi connectivity index (χ0n) is 16.0. The van der Waals surface area contributed by atoms with E-state index in [-0.39, 0.29) is 12.5 Å². The fraction of sp³-hybridized carbons (Fsp3) is 0.857. The van der Waals surface area contributed by atoms with Crippen molar-refractivity contribution in [3.63, 3.8) is 0 Å². The van der Waals surface area contributed by atoms with Crippen LogP contribution in [0.1, 0.15) is 78.1 Å². The number of carboxylic acids is 1. The van der Waals surface area contributed by atoms with Crippen LogP contribution in [0.25, 0.3) is 0 Å². The summed E-state index contributed by atoms with van der Waals surface area (Å²) in [4.78, 5) is 10.5. The third kappa shape index (κ3) is 6.41. The van der Waals surface area contributed by atoms with Gasteiger partial charge in [0, 0.05) is 18.9 Å². The van der Waals surface area contributed by atoms with E-state index in [1.807, 2.05) is 0 Å². The fourth-order valence-electron chi connectivity index (χ4n) is 4.42. The third-order valence-corrected chi connectivity index (χ3v) is 5.74. The topological polar surface area (TPSA) is 55.8 Å². The second-order valence-corrected chi connectivity index (χ2v) is 7.66. The molecule has 2 bridgehead atoms. The molecule has 2 heterocycles. The summed E-state index contributed by atoms with van der Waals surface area (Å²) in [5, 5.41) is 8.67. The molecule has 25 heavy (non-hydrogen) atoms. The molecule has 0 aromatic heterocycles. The van der Waals surface area contributed by atoms with Crippen molar-refractivity contribution in [3.8, 4) is 0 Å². The van der Waals surface area contributed by atoms with Gasteiger partial charge in [-0.05, 0) is 51.4 Å². The molecule has 5 atom stereocenters. The standard InChI is InChI=1S/C21H36O4/c1-3-4-5-10-15-24-16(2)21-17(18-13-14-19(21)25-18)11-8-6-7-9-12-20(22)23/h6,8,16-19,21H,3-5,7,9-15H2,1-2H3,(H,22,23)/b8-6-. The van der Waals surface area contributed by atoms with Crippen LogP contribution in [0.4, 0.5) is 0 Å². The summed E-state index contributed by atoms with van der Waals surface area (Å²) in [5.41, 5.74) is 0. The van der Waals surface area contributed by atoms with Crippen molar-refractivity contribution in [3.05, 3.63) is 12.2 Å². The number of aliphatic carboxylic acids is 1. The molecule has 0 aromatic rings. The molecule has 5 unspecified atom stereocenters. The number of allylic oxidation sites excluding steroid dienone is 2. The second kappa shape index (κ2) is 11.0. The van der Waals surface area contributed by atoms with E-state index in [2.05, 4.69) is 26.0 Å². The Morgan fingerprint density at radius 1 is 1.20 bits per heavy atom. The van der Waals surface area contributed by atoms with E-state index in [1.165, 1.54) is 32.1 Å². The highest BCUT2D eigenvalue weighted by Gasteiger charge is 2.50. The zero-order valence-corrected chi connectivity index (χ0v) is 16.0. The van der Waals surface area contributed by atoms with Gasteiger partial charge in [0.1, 0.15) is 0 Å². The number of rotatable bonds is 13. The first-order chi connectivity index (χ1) is 12.1. The molecule has 0 saturated carbocycles. The number of fused-ring (bicyclic) bond motifs is 2. The highest BCUT2D eigenvalue weighted by atomic mass is 16.5. The molecule has 0 radical (unpaired) electrons. The predicted molar refractivity (Wildman–Crippen MR) is 99.7 cm³/mol. The van der Waals surface area contributed by atoms with Gasteiger partial charge in [0.2, 0.25) is 0 Å². The predicted octanol–water partition coefficient (Wildman–Crippen LogP) is 4.97. The molecular weight excluding hydrogens is 316 g/mol. The Bertz CT molecular complexity index is 420. The van der Waals surface area contributed by atoms with Gasteiger partial charge in [0.05, 0.1) is 18.3 Å². The molecule has 2 aliphatic heterocycles. The summed E-state index contributed by atoms with van der Waals surface area (Å²) in [5.74, 6) is 0.355. The van der Waals surface area contributed by atoms with Crippen LogP contribution in [-0.4, -0.2) is 36.0 Å². The average Bonchev–Trinajstić information content (AvgIpc) is 3.18. The van der Waals surface area contributed by atoms with Gasteiger partial charge in [0.15, 0.2) is 0 Å². The van der Waals surface area contributed by atoms with Crippen molar-refractivity contribution in [1.29, 1.82) is 0 Å². The molecule has 2 fully saturated rings. The van der Waals surface area contributed by atoms with Crippen molar-refractivity contribution in [1.82, 2.24) is 0 Å². The van der Waals surface area contributed by atoms with E-state index in [0.717, 1.165) is 32.3 Å². The number of ether oxygens (including phenoxy) is 2. The molecule has 2 saturated heterocycles. The first kappa shape index (κ1) is 20.4. The van der Waals surface area contributed by atoms with Crippen LogP contribution in [0.2, 0.25) is 0 Å². The summed E-state index contributed by atoms with van der Waals surface area (Å²) >= 11 is 0. The molecule has 4 nitrogen and oxygen atoms in total. The first-order valence-corrected chi connectivity index (χ1v) is 10.3. The molecule has 0 aromatic carbocycles. The van der Waals surface area contributed by atoms with Gasteiger partial charge < -0.3 is 14.6 Å². The molecule has 4 heteroatoms. The van der Waals surface area contributed by atoms with Crippen molar-refractivity contribution in [2.75, 3.05) is 6.61 Å². The summed E-state index contributed by atoms with van der Waals surface area (Å²) in [6, 6.07) is 0.